The summed E-state index contributed by atoms with van der Waals surface area (Å²) in [6.07, 6.45) is 3.97. The molecule has 0 unspecified atom stereocenters. The van der Waals surface area contributed by atoms with Gasteiger partial charge in [0.25, 0.3) is 0 Å². The monoisotopic (exact) mass is 842 g/mol. The molecule has 0 atom stereocenters. The van der Waals surface area contributed by atoms with Gasteiger partial charge in [0, 0.05) is 45.0 Å². The summed E-state index contributed by atoms with van der Waals surface area (Å²) in [5.41, 5.74) is 23.9. The van der Waals surface area contributed by atoms with Crippen LogP contribution in [-0.2, 0) is 36.5 Å². The van der Waals surface area contributed by atoms with E-state index in [1.165, 1.54) is 88.9 Å². The Kier molecular flexibility index (Phi) is 8.10. The summed E-state index contributed by atoms with van der Waals surface area (Å²) in [7, 11) is 0. The van der Waals surface area contributed by atoms with Crippen molar-refractivity contribution in [3.63, 3.8) is 0 Å². The molecule has 0 saturated heterocycles. The minimum atomic E-state index is -0.171. The fraction of sp³-hybridized carbons (Fsp3) is 0.0938. The van der Waals surface area contributed by atoms with Crippen LogP contribution in [0.5, 0.6) is 0 Å². The van der Waals surface area contributed by atoms with Crippen molar-refractivity contribution in [2.75, 3.05) is 9.80 Å². The molecule has 0 fully saturated rings. The molecule has 4 aliphatic rings. The van der Waals surface area contributed by atoms with Gasteiger partial charge in [0.1, 0.15) is 0 Å². The van der Waals surface area contributed by atoms with E-state index >= 15 is 0 Å². The van der Waals surface area contributed by atoms with Gasteiger partial charge in [0.2, 0.25) is 0 Å². The Morgan fingerprint density at radius 3 is 0.879 bits per heavy atom. The molecule has 4 aliphatic carbocycles. The van der Waals surface area contributed by atoms with Crippen molar-refractivity contribution in [3.8, 4) is 22.3 Å². The van der Waals surface area contributed by atoms with Crippen LogP contribution in [0.4, 0.5) is 34.1 Å². The average molecular weight is 843 g/mol. The van der Waals surface area contributed by atoms with Crippen LogP contribution in [0.3, 0.4) is 0 Å². The van der Waals surface area contributed by atoms with Gasteiger partial charge in [-0.15, -0.1) is 0 Å². The van der Waals surface area contributed by atoms with Gasteiger partial charge in [-0.25, -0.2) is 0 Å². The lowest BCUT2D eigenvalue weighted by atomic mass is 9.74. The maximum Gasteiger partial charge on any atom is 0.0465 e. The van der Waals surface area contributed by atoms with Crippen molar-refractivity contribution in [2.24, 2.45) is 0 Å². The zero-order chi connectivity index (χ0) is 43.4. The fourth-order valence-electron chi connectivity index (χ4n) is 12.8. The predicted molar refractivity (Wildman–Crippen MR) is 273 cm³/mol. The highest BCUT2D eigenvalue weighted by Gasteiger charge is 2.50. The molecule has 14 rings (SSSR count). The lowest BCUT2D eigenvalue weighted by molar-refractivity contribution is 0.563. The summed E-state index contributed by atoms with van der Waals surface area (Å²) >= 11 is 0. The van der Waals surface area contributed by atoms with E-state index in [4.69, 9.17) is 0 Å². The van der Waals surface area contributed by atoms with Crippen LogP contribution >= 0.6 is 0 Å². The number of hydrogen-bond acceptors (Lipinski definition) is 2. The average Bonchev–Trinajstić information content (AvgIpc) is 4.11. The van der Waals surface area contributed by atoms with Gasteiger partial charge in [-0.2, -0.15) is 0 Å². The fourth-order valence-corrected chi connectivity index (χ4v) is 12.8. The van der Waals surface area contributed by atoms with E-state index in [2.05, 4.69) is 240 Å². The van der Waals surface area contributed by atoms with Crippen LogP contribution in [-0.4, -0.2) is 0 Å². The van der Waals surface area contributed by atoms with E-state index in [9.17, 15) is 0 Å². The topological polar surface area (TPSA) is 6.48 Å². The maximum atomic E-state index is 2.53. The summed E-state index contributed by atoms with van der Waals surface area (Å²) in [6, 6.07) is 86.5. The van der Waals surface area contributed by atoms with Crippen LogP contribution in [0.15, 0.2) is 231 Å². The van der Waals surface area contributed by atoms with Gasteiger partial charge in [-0.3, -0.25) is 0 Å². The highest BCUT2D eigenvalue weighted by Crippen LogP contribution is 2.62. The number of benzene rings is 10. The molecule has 2 spiro atoms. The molecule has 0 N–H and O–H groups in total. The molecule has 0 amide bonds. The number of fused-ring (bicyclic) bond motifs is 15. The molecule has 0 aromatic heterocycles. The van der Waals surface area contributed by atoms with Crippen molar-refractivity contribution in [2.45, 2.75) is 36.5 Å². The second kappa shape index (κ2) is 14.3. The van der Waals surface area contributed by atoms with Gasteiger partial charge < -0.3 is 9.80 Å². The molecule has 312 valence electrons. The highest BCUT2D eigenvalue weighted by atomic mass is 15.1. The van der Waals surface area contributed by atoms with Crippen molar-refractivity contribution in [3.05, 3.63) is 275 Å². The lowest BCUT2D eigenvalue weighted by Crippen LogP contribution is -2.26. The second-order valence-corrected chi connectivity index (χ2v) is 19.0. The molecule has 2 nitrogen and oxygen atoms in total. The first kappa shape index (κ1) is 37.4. The Hall–Kier alpha value is -7.94. The molecule has 0 radical (unpaired) electrons. The Morgan fingerprint density at radius 2 is 0.561 bits per heavy atom. The van der Waals surface area contributed by atoms with E-state index in [0.717, 1.165) is 48.4 Å². The Labute approximate surface area is 386 Å². The molecular weight excluding hydrogens is 797 g/mol. The number of hydrogen-bond donors (Lipinski definition) is 0. The van der Waals surface area contributed by atoms with E-state index in [1.807, 2.05) is 0 Å². The van der Waals surface area contributed by atoms with Crippen LogP contribution in [0.25, 0.3) is 33.0 Å². The summed E-state index contributed by atoms with van der Waals surface area (Å²) in [6.45, 7) is 0. The van der Waals surface area contributed by atoms with Crippen LogP contribution in [0, 0.1) is 0 Å². The number of anilines is 6. The predicted octanol–water partition coefficient (Wildman–Crippen LogP) is 15.9. The van der Waals surface area contributed by atoms with E-state index in [1.54, 1.807) is 0 Å². The van der Waals surface area contributed by atoms with Crippen LogP contribution in [0.1, 0.15) is 44.5 Å². The maximum absolute atomic E-state index is 2.53. The summed E-state index contributed by atoms with van der Waals surface area (Å²) in [5.74, 6) is 0. The number of para-hydroxylation sites is 4. The lowest BCUT2D eigenvalue weighted by Gasteiger charge is -2.30. The molecule has 10 aromatic rings. The van der Waals surface area contributed by atoms with Crippen LogP contribution < -0.4 is 9.80 Å². The molecule has 2 heteroatoms. The van der Waals surface area contributed by atoms with Gasteiger partial charge in [-0.05, 0) is 176 Å². The van der Waals surface area contributed by atoms with E-state index in [-0.39, 0.29) is 10.8 Å². The number of nitrogens with zero attached hydrogens (tertiary/aromatic N) is 2. The third-order valence-electron chi connectivity index (χ3n) is 15.6. The van der Waals surface area contributed by atoms with Crippen molar-refractivity contribution in [1.82, 2.24) is 0 Å². The first-order valence-corrected chi connectivity index (χ1v) is 23.5. The third-order valence-corrected chi connectivity index (χ3v) is 15.6. The van der Waals surface area contributed by atoms with Gasteiger partial charge in [0.05, 0.1) is 0 Å². The smallest absolute Gasteiger partial charge is 0.0465 e. The number of rotatable bonds is 6. The quantitative estimate of drug-likeness (QED) is 0.165. The molecule has 0 heterocycles. The highest BCUT2D eigenvalue weighted by molar-refractivity contribution is 6.11. The van der Waals surface area contributed by atoms with Gasteiger partial charge in [0.15, 0.2) is 0 Å². The van der Waals surface area contributed by atoms with Crippen molar-refractivity contribution < 1.29 is 0 Å². The Balaban J connectivity index is 0.992. The molecule has 66 heavy (non-hydrogen) atoms. The van der Waals surface area contributed by atoms with Crippen molar-refractivity contribution >= 4 is 44.9 Å². The molecule has 0 aliphatic heterocycles. The summed E-state index contributed by atoms with van der Waals surface area (Å²) < 4.78 is 0. The van der Waals surface area contributed by atoms with Gasteiger partial charge in [-0.1, -0.05) is 158 Å². The Bertz CT molecular complexity index is 3170. The molecular formula is C64H46N2. The first-order chi connectivity index (χ1) is 32.7. The largest absolute Gasteiger partial charge is 0.310 e. The zero-order valence-electron chi connectivity index (χ0n) is 36.7. The van der Waals surface area contributed by atoms with E-state index in [0.29, 0.717) is 0 Å². The molecule has 0 bridgehead atoms. The van der Waals surface area contributed by atoms with Gasteiger partial charge >= 0.3 is 0 Å². The third kappa shape index (κ3) is 5.36. The second-order valence-electron chi connectivity index (χ2n) is 19.0. The standard InChI is InChI=1S/C64H46N2/c1-5-21-47(22-6-1)65(48-23-7-2-8-24-48)51-29-31-55-59(37-51)63(39-43-17-13-14-18-44(43)40-63)57-35-33-54-53(61(55)57)34-36-58-62(54)56-32-30-52(38-60(56)64(58)41-45-19-15-16-20-46(45)42-64)66(49-25-9-3-10-26-49)50-27-11-4-12-28-50/h1-38H,39-42H2. The molecule has 0 saturated carbocycles. The minimum absolute atomic E-state index is 0.171. The first-order valence-electron chi connectivity index (χ1n) is 23.5. The summed E-state index contributed by atoms with van der Waals surface area (Å²) in [4.78, 5) is 4.84. The Morgan fingerprint density at radius 1 is 0.258 bits per heavy atom. The zero-order valence-corrected chi connectivity index (χ0v) is 36.7. The van der Waals surface area contributed by atoms with Crippen LogP contribution in [0.2, 0.25) is 0 Å². The van der Waals surface area contributed by atoms with E-state index < -0.39 is 0 Å². The normalized spacial score (nSPS) is 15.0. The SMILES string of the molecule is c1ccc(N(c2ccccc2)c2ccc3c(c2)C2(Cc4ccccc4C2)c2ccc4c5c(ccc4c2-3)C2(Cc3ccccc3C2)c2cc(N(c3ccccc3)c3ccccc3)ccc2-5)cc1. The summed E-state index contributed by atoms with van der Waals surface area (Å²) in [5, 5.41) is 2.71. The van der Waals surface area contributed by atoms with Crippen molar-refractivity contribution in [1.29, 1.82) is 0 Å². The molecule has 10 aromatic carbocycles. The minimum Gasteiger partial charge on any atom is -0.310 e.